The number of carbonyl (C=O) groups is 1. The molecule has 0 heterocycles. The van der Waals surface area contributed by atoms with E-state index in [-0.39, 0.29) is 6.61 Å². The van der Waals surface area contributed by atoms with Crippen molar-refractivity contribution in [2.24, 2.45) is 0 Å². The molecule has 0 aliphatic rings. The van der Waals surface area contributed by atoms with Crippen LogP contribution < -0.4 is 4.74 Å². The summed E-state index contributed by atoms with van der Waals surface area (Å²) in [5, 5.41) is 6.69. The number of aryl methyl sites for hydroxylation is 1. The van der Waals surface area contributed by atoms with Crippen molar-refractivity contribution >= 4 is 5.97 Å². The van der Waals surface area contributed by atoms with E-state index in [1.54, 1.807) is 6.07 Å². The average Bonchev–Trinajstić information content (AvgIpc) is 2.07. The van der Waals surface area contributed by atoms with Gasteiger partial charge in [0.2, 0.25) is 6.61 Å². The molecule has 0 saturated heterocycles. The molecule has 0 saturated carbocycles. The van der Waals surface area contributed by atoms with Crippen LogP contribution in [0.25, 0.3) is 0 Å². The van der Waals surface area contributed by atoms with E-state index in [1.165, 1.54) is 0 Å². The summed E-state index contributed by atoms with van der Waals surface area (Å²) in [4.78, 5) is 10.4. The molecule has 3 heteroatoms. The molecule has 0 fully saturated rings. The number of hydrogen-bond donors (Lipinski definition) is 0. The van der Waals surface area contributed by atoms with Crippen molar-refractivity contribution in [3.05, 3.63) is 29.3 Å². The van der Waals surface area contributed by atoms with E-state index in [9.17, 15) is 4.79 Å². The van der Waals surface area contributed by atoms with Gasteiger partial charge in [-0.25, -0.2) is 0 Å². The molecule has 1 aromatic rings. The lowest BCUT2D eigenvalue weighted by Gasteiger charge is -2.06. The number of ether oxygens (including phenoxy) is 1. The third kappa shape index (κ3) is 2.47. The van der Waals surface area contributed by atoms with Gasteiger partial charge in [-0.15, -0.1) is 0 Å². The molecule has 1 rings (SSSR count). The first-order valence-corrected chi connectivity index (χ1v) is 4.04. The van der Waals surface area contributed by atoms with Crippen molar-refractivity contribution in [3.8, 4) is 5.75 Å². The molecule has 70 valence electrons. The molecule has 13 heavy (non-hydrogen) atoms. The Bertz CT molecular complexity index is 318. The van der Waals surface area contributed by atoms with Crippen molar-refractivity contribution in [3.63, 3.8) is 0 Å². The zero-order chi connectivity index (χ0) is 9.84. The lowest BCUT2D eigenvalue weighted by atomic mass is 10.1. The van der Waals surface area contributed by atoms with Gasteiger partial charge in [0, 0.05) is 4.79 Å². The standard InChI is InChI=1S/C10H12O3/c1-7-4-3-5-9(8(7)2)13-6-10(11)12/h3-5H,6H2,1-2H3,(H,11,12)/p+1. The van der Waals surface area contributed by atoms with Crippen LogP contribution >= 0.6 is 0 Å². The average molecular weight is 181 g/mol. The van der Waals surface area contributed by atoms with Crippen LogP contribution in [0, 0.1) is 13.8 Å². The van der Waals surface area contributed by atoms with Crippen molar-refractivity contribution in [2.45, 2.75) is 13.8 Å². The van der Waals surface area contributed by atoms with Gasteiger partial charge in [-0.2, -0.15) is 0 Å². The highest BCUT2D eigenvalue weighted by Gasteiger charge is 2.08. The minimum atomic E-state index is -0.707. The van der Waals surface area contributed by atoms with E-state index in [0.717, 1.165) is 11.1 Å². The molecule has 2 N–H and O–H groups in total. The fourth-order valence-corrected chi connectivity index (χ4v) is 1.02. The number of hydrogen-bond acceptors (Lipinski definition) is 2. The highest BCUT2D eigenvalue weighted by Crippen LogP contribution is 2.20. The third-order valence-electron chi connectivity index (χ3n) is 1.91. The fraction of sp³-hybridized carbons (Fsp3) is 0.300. The SMILES string of the molecule is Cc1cccc(OCC(=O)[OH2+])c1C. The van der Waals surface area contributed by atoms with Crippen LogP contribution in [0.4, 0.5) is 0 Å². The van der Waals surface area contributed by atoms with Crippen LogP contribution in [0.1, 0.15) is 11.1 Å². The van der Waals surface area contributed by atoms with E-state index in [2.05, 4.69) is 0 Å². The lowest BCUT2D eigenvalue weighted by Crippen LogP contribution is -2.10. The molecule has 0 amide bonds. The van der Waals surface area contributed by atoms with Crippen LogP contribution in [0.2, 0.25) is 0 Å². The number of rotatable bonds is 3. The third-order valence-corrected chi connectivity index (χ3v) is 1.91. The second-order valence-corrected chi connectivity index (χ2v) is 2.91. The Hall–Kier alpha value is -1.51. The summed E-state index contributed by atoms with van der Waals surface area (Å²) in [5.41, 5.74) is 2.14. The molecule has 0 atom stereocenters. The maximum absolute atomic E-state index is 10.4. The first-order chi connectivity index (χ1) is 6.11. The van der Waals surface area contributed by atoms with Crippen molar-refractivity contribution in [2.75, 3.05) is 6.61 Å². The first-order valence-electron chi connectivity index (χ1n) is 4.04. The lowest BCUT2D eigenvalue weighted by molar-refractivity contribution is -0.139. The summed E-state index contributed by atoms with van der Waals surface area (Å²) in [7, 11) is 0. The van der Waals surface area contributed by atoms with Crippen LogP contribution in [0.5, 0.6) is 5.75 Å². The maximum Gasteiger partial charge on any atom is 0.553 e. The van der Waals surface area contributed by atoms with Gasteiger partial charge in [0.25, 0.3) is 0 Å². The zero-order valence-electron chi connectivity index (χ0n) is 7.76. The first kappa shape index (κ1) is 9.58. The van der Waals surface area contributed by atoms with Gasteiger partial charge in [-0.1, -0.05) is 12.1 Å². The minimum Gasteiger partial charge on any atom is -0.562 e. The molecule has 0 spiro atoms. The van der Waals surface area contributed by atoms with E-state index in [4.69, 9.17) is 9.84 Å². The summed E-state index contributed by atoms with van der Waals surface area (Å²) in [6, 6.07) is 5.64. The van der Waals surface area contributed by atoms with Gasteiger partial charge in [-0.3, -0.25) is 0 Å². The van der Waals surface area contributed by atoms with E-state index in [1.807, 2.05) is 26.0 Å². The van der Waals surface area contributed by atoms with E-state index in [0.29, 0.717) is 5.75 Å². The predicted octanol–water partition coefficient (Wildman–Crippen LogP) is 0.933. The van der Waals surface area contributed by atoms with Gasteiger partial charge in [-0.05, 0) is 31.0 Å². The monoisotopic (exact) mass is 181 g/mol. The molecule has 0 radical (unpaired) electrons. The van der Waals surface area contributed by atoms with Gasteiger partial charge in [0.15, 0.2) is 0 Å². The second kappa shape index (κ2) is 3.94. The van der Waals surface area contributed by atoms with E-state index >= 15 is 0 Å². The van der Waals surface area contributed by atoms with Crippen LogP contribution in [0.15, 0.2) is 18.2 Å². The molecule has 0 bridgehead atoms. The van der Waals surface area contributed by atoms with Crippen LogP contribution in [-0.2, 0) is 4.79 Å². The predicted molar refractivity (Wildman–Crippen MR) is 50.0 cm³/mol. The Balaban J connectivity index is 2.77. The number of carbonyl (C=O) groups excluding carboxylic acids is 1. The van der Waals surface area contributed by atoms with Gasteiger partial charge in [0.05, 0.1) is 0 Å². The van der Waals surface area contributed by atoms with Crippen molar-refractivity contribution in [1.82, 2.24) is 0 Å². The van der Waals surface area contributed by atoms with Gasteiger partial charge < -0.3 is 9.84 Å². The maximum atomic E-state index is 10.4. The van der Waals surface area contributed by atoms with Gasteiger partial charge >= 0.3 is 5.97 Å². The fourth-order valence-electron chi connectivity index (χ4n) is 1.02. The molecule has 0 aliphatic heterocycles. The number of benzene rings is 1. The smallest absolute Gasteiger partial charge is 0.553 e. The highest BCUT2D eigenvalue weighted by atomic mass is 16.5. The molecule has 0 unspecified atom stereocenters. The molecule has 0 aliphatic carbocycles. The quantitative estimate of drug-likeness (QED) is 0.651. The topological polar surface area (TPSA) is 49.2 Å². The van der Waals surface area contributed by atoms with Crippen LogP contribution in [-0.4, -0.2) is 17.7 Å². The Morgan fingerprint density at radius 2 is 2.15 bits per heavy atom. The summed E-state index contributed by atoms with van der Waals surface area (Å²) in [6.07, 6.45) is 0. The Morgan fingerprint density at radius 3 is 2.77 bits per heavy atom. The van der Waals surface area contributed by atoms with E-state index < -0.39 is 5.97 Å². The Labute approximate surface area is 77.0 Å². The summed E-state index contributed by atoms with van der Waals surface area (Å²) in [5.74, 6) is -0.0264. The largest absolute Gasteiger partial charge is 0.562 e. The Morgan fingerprint density at radius 1 is 1.46 bits per heavy atom. The molecular weight excluding hydrogens is 168 g/mol. The van der Waals surface area contributed by atoms with Crippen molar-refractivity contribution in [1.29, 1.82) is 0 Å². The zero-order valence-corrected chi connectivity index (χ0v) is 7.76. The minimum absolute atomic E-state index is 0.176. The Kier molecular flexibility index (Phi) is 2.90. The van der Waals surface area contributed by atoms with Crippen molar-refractivity contribution < 1.29 is 14.6 Å². The molecule has 0 aromatic heterocycles. The summed E-state index contributed by atoms with van der Waals surface area (Å²) in [6.45, 7) is 3.73. The second-order valence-electron chi connectivity index (χ2n) is 2.91. The normalized spacial score (nSPS) is 9.69. The highest BCUT2D eigenvalue weighted by molar-refractivity contribution is 5.68. The molecule has 1 aromatic carbocycles. The summed E-state index contributed by atoms with van der Waals surface area (Å²) >= 11 is 0. The van der Waals surface area contributed by atoms with Crippen LogP contribution in [0.3, 0.4) is 0 Å². The molecule has 3 nitrogen and oxygen atoms in total. The molecular formula is C10H13O3+. The van der Waals surface area contributed by atoms with Gasteiger partial charge in [0.1, 0.15) is 5.75 Å². The summed E-state index contributed by atoms with van der Waals surface area (Å²) < 4.78 is 5.14.